The molecule has 0 aromatic heterocycles. The highest BCUT2D eigenvalue weighted by Crippen LogP contribution is 2.36. The third-order valence-electron chi connectivity index (χ3n) is 5.85. The Hall–Kier alpha value is -4.04. The minimum atomic E-state index is 0.794. The molecule has 5 rings (SSSR count). The number of hydrogen-bond acceptors (Lipinski definition) is 2. The number of rotatable bonds is 5. The molecule has 1 aliphatic rings. The van der Waals surface area contributed by atoms with Gasteiger partial charge in [0.1, 0.15) is 0 Å². The Morgan fingerprint density at radius 2 is 1.34 bits per heavy atom. The summed E-state index contributed by atoms with van der Waals surface area (Å²) in [4.78, 5) is 0. The van der Waals surface area contributed by atoms with Crippen LogP contribution in [0, 0.1) is 0 Å². The first-order valence-corrected chi connectivity index (χ1v) is 11.1. The van der Waals surface area contributed by atoms with E-state index in [4.69, 9.17) is 5.73 Å². The topological polar surface area (TPSA) is 38.0 Å². The van der Waals surface area contributed by atoms with Gasteiger partial charge in [-0.05, 0) is 65.4 Å². The van der Waals surface area contributed by atoms with E-state index < -0.39 is 0 Å². The lowest BCUT2D eigenvalue weighted by atomic mass is 9.94. The Morgan fingerprint density at radius 3 is 2.16 bits per heavy atom. The molecule has 0 radical (unpaired) electrons. The molecule has 0 heterocycles. The van der Waals surface area contributed by atoms with Crippen molar-refractivity contribution in [2.45, 2.75) is 12.8 Å². The average molecular weight is 415 g/mol. The van der Waals surface area contributed by atoms with Crippen molar-refractivity contribution in [1.82, 2.24) is 0 Å². The van der Waals surface area contributed by atoms with E-state index in [1.807, 2.05) is 18.2 Å². The zero-order valence-electron chi connectivity index (χ0n) is 18.0. The summed E-state index contributed by atoms with van der Waals surface area (Å²) in [7, 11) is 0. The summed E-state index contributed by atoms with van der Waals surface area (Å²) in [6.45, 7) is 0. The zero-order valence-corrected chi connectivity index (χ0v) is 18.0. The molecule has 0 bridgehead atoms. The van der Waals surface area contributed by atoms with Gasteiger partial charge in [-0.15, -0.1) is 0 Å². The van der Waals surface area contributed by atoms with Gasteiger partial charge in [-0.1, -0.05) is 84.9 Å². The number of allylic oxidation sites excluding steroid dienone is 3. The molecule has 1 aliphatic carbocycles. The van der Waals surface area contributed by atoms with Crippen LogP contribution >= 0.6 is 0 Å². The second-order valence-electron chi connectivity index (χ2n) is 8.06. The Kier molecular flexibility index (Phi) is 5.59. The van der Waals surface area contributed by atoms with Gasteiger partial charge in [-0.3, -0.25) is 0 Å². The number of nitrogens with one attached hydrogen (secondary N) is 1. The monoisotopic (exact) mass is 414 g/mol. The summed E-state index contributed by atoms with van der Waals surface area (Å²) in [5.74, 6) is 0. The summed E-state index contributed by atoms with van der Waals surface area (Å²) in [5, 5.41) is 3.63. The predicted molar refractivity (Wildman–Crippen MR) is 137 cm³/mol. The molecular weight excluding hydrogens is 388 g/mol. The minimum Gasteiger partial charge on any atom is -0.398 e. The molecule has 0 fully saturated rings. The summed E-state index contributed by atoms with van der Waals surface area (Å²) >= 11 is 0. The number of benzene rings is 4. The maximum Gasteiger partial charge on any atom is 0.0464 e. The molecule has 0 spiro atoms. The van der Waals surface area contributed by atoms with Gasteiger partial charge in [0, 0.05) is 28.2 Å². The largest absolute Gasteiger partial charge is 0.398 e. The van der Waals surface area contributed by atoms with Crippen LogP contribution in [-0.2, 0) is 0 Å². The van der Waals surface area contributed by atoms with Crippen LogP contribution in [0.5, 0.6) is 0 Å². The van der Waals surface area contributed by atoms with Crippen LogP contribution in [-0.4, -0.2) is 0 Å². The minimum absolute atomic E-state index is 0.794. The van der Waals surface area contributed by atoms with Crippen molar-refractivity contribution in [2.24, 2.45) is 0 Å². The number of hydrogen-bond donors (Lipinski definition) is 2. The highest BCUT2D eigenvalue weighted by atomic mass is 14.9. The highest BCUT2D eigenvalue weighted by molar-refractivity contribution is 5.86. The molecule has 4 aromatic rings. The van der Waals surface area contributed by atoms with E-state index >= 15 is 0 Å². The molecule has 0 saturated heterocycles. The molecule has 0 amide bonds. The fraction of sp³-hybridized carbons (Fsp3) is 0.0667. The second kappa shape index (κ2) is 8.99. The van der Waals surface area contributed by atoms with Crippen LogP contribution in [0.1, 0.15) is 12.8 Å². The smallest absolute Gasteiger partial charge is 0.0464 e. The Labute approximate surface area is 189 Å². The van der Waals surface area contributed by atoms with E-state index in [0.29, 0.717) is 0 Å². The fourth-order valence-electron chi connectivity index (χ4n) is 4.18. The normalized spacial score (nSPS) is 12.9. The number of nitrogen functional groups attached to an aromatic ring is 1. The van der Waals surface area contributed by atoms with Crippen LogP contribution in [0.3, 0.4) is 0 Å². The van der Waals surface area contributed by atoms with Crippen LogP contribution in [0.25, 0.3) is 33.4 Å². The van der Waals surface area contributed by atoms with Crippen LogP contribution in [0.4, 0.5) is 11.4 Å². The van der Waals surface area contributed by atoms with Crippen molar-refractivity contribution < 1.29 is 0 Å². The Morgan fingerprint density at radius 1 is 0.594 bits per heavy atom. The molecule has 2 nitrogen and oxygen atoms in total. The first-order chi connectivity index (χ1) is 15.8. The van der Waals surface area contributed by atoms with E-state index in [9.17, 15) is 0 Å². The summed E-state index contributed by atoms with van der Waals surface area (Å²) in [6, 6.07) is 33.8. The molecule has 0 saturated carbocycles. The lowest BCUT2D eigenvalue weighted by molar-refractivity contribution is 1.02. The number of anilines is 2. The second-order valence-corrected chi connectivity index (χ2v) is 8.06. The van der Waals surface area contributed by atoms with E-state index in [2.05, 4.69) is 102 Å². The van der Waals surface area contributed by atoms with E-state index in [1.54, 1.807) is 0 Å². The van der Waals surface area contributed by atoms with Gasteiger partial charge in [0.2, 0.25) is 0 Å². The fourth-order valence-corrected chi connectivity index (χ4v) is 4.18. The molecule has 2 heteroatoms. The van der Waals surface area contributed by atoms with Gasteiger partial charge in [-0.2, -0.15) is 0 Å². The quantitative estimate of drug-likeness (QED) is 0.326. The van der Waals surface area contributed by atoms with E-state index in [0.717, 1.165) is 41.0 Å². The molecule has 4 aromatic carbocycles. The van der Waals surface area contributed by atoms with Crippen molar-refractivity contribution in [3.8, 4) is 33.4 Å². The van der Waals surface area contributed by atoms with Crippen molar-refractivity contribution in [1.29, 1.82) is 0 Å². The molecule has 156 valence electrons. The van der Waals surface area contributed by atoms with Gasteiger partial charge in [-0.25, -0.2) is 0 Å². The van der Waals surface area contributed by atoms with Gasteiger partial charge >= 0.3 is 0 Å². The third kappa shape index (κ3) is 4.21. The lowest BCUT2D eigenvalue weighted by Gasteiger charge is -2.17. The van der Waals surface area contributed by atoms with E-state index in [-0.39, 0.29) is 0 Å². The summed E-state index contributed by atoms with van der Waals surface area (Å²) < 4.78 is 0. The van der Waals surface area contributed by atoms with Crippen molar-refractivity contribution in [3.63, 3.8) is 0 Å². The highest BCUT2D eigenvalue weighted by Gasteiger charge is 2.10. The Balaban J connectivity index is 1.57. The number of nitrogens with two attached hydrogens (primary N) is 1. The number of para-hydroxylation sites is 1. The Bertz CT molecular complexity index is 1300. The van der Waals surface area contributed by atoms with Crippen molar-refractivity contribution in [3.05, 3.63) is 121 Å². The molecule has 0 aliphatic heterocycles. The first kappa shape index (κ1) is 19.9. The van der Waals surface area contributed by atoms with Crippen LogP contribution < -0.4 is 11.1 Å². The van der Waals surface area contributed by atoms with Gasteiger partial charge in [0.25, 0.3) is 0 Å². The SMILES string of the molecule is Nc1ccccc1-c1cccc(-c2ccc(NC3=CCCC=C3)c(-c3ccccc3)c2)c1. The lowest BCUT2D eigenvalue weighted by Crippen LogP contribution is -2.01. The molecular formula is C30H26N2. The molecule has 3 N–H and O–H groups in total. The van der Waals surface area contributed by atoms with E-state index in [1.165, 1.54) is 22.3 Å². The van der Waals surface area contributed by atoms with Crippen LogP contribution in [0.2, 0.25) is 0 Å². The van der Waals surface area contributed by atoms with Gasteiger partial charge in [0.05, 0.1) is 0 Å². The summed E-state index contributed by atoms with van der Waals surface area (Å²) in [5.41, 5.74) is 16.2. The van der Waals surface area contributed by atoms with Gasteiger partial charge < -0.3 is 11.1 Å². The first-order valence-electron chi connectivity index (χ1n) is 11.1. The van der Waals surface area contributed by atoms with Crippen molar-refractivity contribution >= 4 is 11.4 Å². The predicted octanol–water partition coefficient (Wildman–Crippen LogP) is 7.92. The third-order valence-corrected chi connectivity index (χ3v) is 5.85. The standard InChI is InChI=1S/C30H26N2/c31-29-17-8-7-16-27(29)25-13-9-12-23(20-25)24-18-19-30(32-26-14-5-2-6-15-26)28(21-24)22-10-3-1-4-11-22/h1,3-5,7-21,32H,2,6,31H2. The van der Waals surface area contributed by atoms with Crippen molar-refractivity contribution in [2.75, 3.05) is 11.1 Å². The molecule has 0 atom stereocenters. The van der Waals surface area contributed by atoms with Crippen LogP contribution in [0.15, 0.2) is 121 Å². The zero-order chi connectivity index (χ0) is 21.8. The van der Waals surface area contributed by atoms with Gasteiger partial charge in [0.15, 0.2) is 0 Å². The average Bonchev–Trinajstić information content (AvgIpc) is 2.86. The molecule has 32 heavy (non-hydrogen) atoms. The summed E-state index contributed by atoms with van der Waals surface area (Å²) in [6.07, 6.45) is 8.83. The maximum absolute atomic E-state index is 6.23. The molecule has 0 unspecified atom stereocenters. The maximum atomic E-state index is 6.23.